The number of aryl methyl sites for hydroxylation is 1. The van der Waals surface area contributed by atoms with E-state index < -0.39 is 0 Å². The van der Waals surface area contributed by atoms with Gasteiger partial charge in [0, 0.05) is 42.2 Å². The van der Waals surface area contributed by atoms with Gasteiger partial charge in [0.1, 0.15) is 0 Å². The Kier molecular flexibility index (Phi) is 13.5. The van der Waals surface area contributed by atoms with E-state index in [1.54, 1.807) is 0 Å². The van der Waals surface area contributed by atoms with Crippen LogP contribution in [0.4, 0.5) is 11.4 Å². The predicted octanol–water partition coefficient (Wildman–Crippen LogP) is 15.8. The summed E-state index contributed by atoms with van der Waals surface area (Å²) in [6.45, 7) is 6.23. The van der Waals surface area contributed by atoms with Crippen LogP contribution in [0, 0.1) is 6.92 Å². The lowest BCUT2D eigenvalue weighted by Gasteiger charge is -2.19. The van der Waals surface area contributed by atoms with Crippen LogP contribution in [0.15, 0.2) is 256 Å². The Morgan fingerprint density at radius 2 is 1.21 bits per heavy atom. The maximum Gasteiger partial charge on any atom is 0.0531 e. The molecule has 0 spiro atoms. The molecule has 0 aliphatic heterocycles. The molecule has 0 atom stereocenters. The van der Waals surface area contributed by atoms with E-state index in [0.29, 0.717) is 0 Å². The highest BCUT2D eigenvalue weighted by Gasteiger charge is 2.10. The molecular formula is C60H51N3. The van der Waals surface area contributed by atoms with Crippen LogP contribution in [-0.2, 0) is 0 Å². The van der Waals surface area contributed by atoms with E-state index in [2.05, 4.69) is 217 Å². The van der Waals surface area contributed by atoms with Crippen molar-refractivity contribution >= 4 is 44.7 Å². The van der Waals surface area contributed by atoms with Gasteiger partial charge in [0.25, 0.3) is 0 Å². The first-order valence-electron chi connectivity index (χ1n) is 21.3. The molecule has 8 aromatic rings. The maximum atomic E-state index is 4.05. The second kappa shape index (κ2) is 20.4. The van der Waals surface area contributed by atoms with Crippen molar-refractivity contribution in [3.8, 4) is 27.9 Å². The highest BCUT2D eigenvalue weighted by atomic mass is 15.1. The molecule has 0 fully saturated rings. The van der Waals surface area contributed by atoms with Gasteiger partial charge >= 0.3 is 0 Å². The monoisotopic (exact) mass is 813 g/mol. The van der Waals surface area contributed by atoms with Gasteiger partial charge in [0.2, 0.25) is 0 Å². The molecule has 1 N–H and O–H groups in total. The van der Waals surface area contributed by atoms with Gasteiger partial charge in [-0.2, -0.15) is 0 Å². The van der Waals surface area contributed by atoms with Crippen LogP contribution in [0.3, 0.4) is 0 Å². The molecule has 0 saturated heterocycles. The molecule has 0 aliphatic carbocycles. The van der Waals surface area contributed by atoms with Crippen molar-refractivity contribution in [1.29, 1.82) is 0 Å². The lowest BCUT2D eigenvalue weighted by atomic mass is 9.98. The van der Waals surface area contributed by atoms with Gasteiger partial charge in [0.15, 0.2) is 0 Å². The SMILES string of the molecule is C=C/C=C(\C=C/N/C=C/C=C\C=C/c1ccccc1)c1ccc2c(ccc(-c3ccc(N(C)c4ccccc4)cc3)ccc(C)n2-c2ccc(-c3cccc4ccccc34)cc2)c1. The Hall–Kier alpha value is -8.14. The number of benzene rings is 7. The molecule has 0 radical (unpaired) electrons. The van der Waals surface area contributed by atoms with Crippen molar-refractivity contribution in [1.82, 2.24) is 9.88 Å². The smallest absolute Gasteiger partial charge is 0.0531 e. The lowest BCUT2D eigenvalue weighted by Crippen LogP contribution is -2.08. The largest absolute Gasteiger partial charge is 0.368 e. The first-order valence-corrected chi connectivity index (χ1v) is 21.3. The minimum absolute atomic E-state index is 1.04. The molecule has 0 unspecified atom stereocenters. The fraction of sp³-hybridized carbons (Fsp3) is 0.0333. The number of fused-ring (bicyclic) bond motifs is 2. The summed E-state index contributed by atoms with van der Waals surface area (Å²) in [6, 6.07) is 69.2. The summed E-state index contributed by atoms with van der Waals surface area (Å²) in [6.07, 6.45) is 20.0. The zero-order valence-corrected chi connectivity index (χ0v) is 35.9. The summed E-state index contributed by atoms with van der Waals surface area (Å²) in [7, 11) is 2.11. The van der Waals surface area contributed by atoms with Crippen molar-refractivity contribution in [2.45, 2.75) is 6.92 Å². The molecule has 3 heteroatoms. The van der Waals surface area contributed by atoms with E-state index in [9.17, 15) is 0 Å². The Labute approximate surface area is 372 Å². The number of rotatable bonds is 13. The van der Waals surface area contributed by atoms with Crippen molar-refractivity contribution in [3.05, 3.63) is 272 Å². The van der Waals surface area contributed by atoms with Crippen molar-refractivity contribution < 1.29 is 0 Å². The average molecular weight is 814 g/mol. The third kappa shape index (κ3) is 10.3. The first kappa shape index (κ1) is 41.6. The van der Waals surface area contributed by atoms with Gasteiger partial charge in [-0.1, -0.05) is 183 Å². The predicted molar refractivity (Wildman–Crippen MR) is 273 cm³/mol. The minimum atomic E-state index is 1.04. The van der Waals surface area contributed by atoms with E-state index >= 15 is 0 Å². The quantitative estimate of drug-likeness (QED) is 0.117. The van der Waals surface area contributed by atoms with Crippen LogP contribution >= 0.6 is 0 Å². The van der Waals surface area contributed by atoms with E-state index in [-0.39, 0.29) is 0 Å². The van der Waals surface area contributed by atoms with Gasteiger partial charge in [-0.05, 0) is 129 Å². The van der Waals surface area contributed by atoms with E-state index in [1.165, 1.54) is 27.5 Å². The fourth-order valence-electron chi connectivity index (χ4n) is 7.80. The third-order valence-electron chi connectivity index (χ3n) is 11.1. The number of hydrogen-bond donors (Lipinski definition) is 1. The van der Waals surface area contributed by atoms with E-state index in [4.69, 9.17) is 0 Å². The Morgan fingerprint density at radius 3 is 1.98 bits per heavy atom. The summed E-state index contributed by atoms with van der Waals surface area (Å²) in [5.41, 5.74) is 13.5. The minimum Gasteiger partial charge on any atom is -0.368 e. The second-order valence-electron chi connectivity index (χ2n) is 15.3. The summed E-state index contributed by atoms with van der Waals surface area (Å²) in [4.78, 5) is 2.21. The summed E-state index contributed by atoms with van der Waals surface area (Å²) in [5, 5.41) is 6.88. The lowest BCUT2D eigenvalue weighted by molar-refractivity contribution is 1.04. The van der Waals surface area contributed by atoms with Crippen molar-refractivity contribution in [2.24, 2.45) is 0 Å². The maximum absolute atomic E-state index is 4.05. The van der Waals surface area contributed by atoms with Crippen molar-refractivity contribution in [2.75, 3.05) is 11.9 Å². The number of allylic oxidation sites excluding steroid dienone is 8. The van der Waals surface area contributed by atoms with Gasteiger partial charge in [-0.25, -0.2) is 0 Å². The van der Waals surface area contributed by atoms with Crippen LogP contribution in [0.5, 0.6) is 0 Å². The third-order valence-corrected chi connectivity index (χ3v) is 11.1. The summed E-state index contributed by atoms with van der Waals surface area (Å²) >= 11 is 0. The summed E-state index contributed by atoms with van der Waals surface area (Å²) in [5.74, 6) is 0. The molecule has 0 bridgehead atoms. The molecule has 0 saturated carbocycles. The van der Waals surface area contributed by atoms with Crippen LogP contribution in [0.1, 0.15) is 16.8 Å². The first-order chi connectivity index (χ1) is 31.1. The molecule has 8 rings (SSSR count). The van der Waals surface area contributed by atoms with Gasteiger partial charge in [-0.15, -0.1) is 0 Å². The fourth-order valence-corrected chi connectivity index (χ4v) is 7.80. The topological polar surface area (TPSA) is 20.2 Å². The Morgan fingerprint density at radius 1 is 0.556 bits per heavy atom. The number of anilines is 2. The normalized spacial score (nSPS) is 11.9. The zero-order valence-electron chi connectivity index (χ0n) is 35.9. The molecule has 1 aromatic heterocycles. The molecule has 0 aliphatic rings. The van der Waals surface area contributed by atoms with Gasteiger partial charge in [0.05, 0.1) is 5.52 Å². The molecule has 63 heavy (non-hydrogen) atoms. The van der Waals surface area contributed by atoms with E-state index in [1.807, 2.05) is 73.1 Å². The molecule has 0 amide bonds. The van der Waals surface area contributed by atoms with E-state index in [0.717, 1.165) is 55.9 Å². The Balaban J connectivity index is 1.15. The second-order valence-corrected chi connectivity index (χ2v) is 15.3. The number of nitrogens with zero attached hydrogens (tertiary/aromatic N) is 2. The zero-order chi connectivity index (χ0) is 43.2. The number of nitrogens with one attached hydrogen (secondary N) is 1. The average Bonchev–Trinajstić information content (AvgIpc) is 3.40. The molecule has 1 heterocycles. The number of aromatic nitrogens is 1. The molecular weight excluding hydrogens is 763 g/mol. The van der Waals surface area contributed by atoms with Crippen LogP contribution in [0.2, 0.25) is 0 Å². The molecule has 3 nitrogen and oxygen atoms in total. The highest BCUT2D eigenvalue weighted by Crippen LogP contribution is 2.32. The van der Waals surface area contributed by atoms with Crippen molar-refractivity contribution in [3.63, 3.8) is 0 Å². The Bertz CT molecular complexity index is 3030. The highest BCUT2D eigenvalue weighted by molar-refractivity contribution is 5.97. The van der Waals surface area contributed by atoms with Crippen LogP contribution in [0.25, 0.3) is 61.3 Å². The number of hydrogen-bond acceptors (Lipinski definition) is 2. The summed E-state index contributed by atoms with van der Waals surface area (Å²) < 4.78 is 2.36. The van der Waals surface area contributed by atoms with Crippen LogP contribution in [-0.4, -0.2) is 11.6 Å². The molecule has 7 aromatic carbocycles. The van der Waals surface area contributed by atoms with Crippen LogP contribution < -0.4 is 10.2 Å². The van der Waals surface area contributed by atoms with Gasteiger partial charge in [-0.3, -0.25) is 0 Å². The standard InChI is InChI=1S/C60H51N3/c1-4-18-48(42-44-61-43-16-6-5-9-19-47-20-10-7-11-21-47)53-36-41-60-54(45-53)31-30-49(50-32-37-56(38-33-50)62(3)55-24-12-8-13-25-55)29-28-46(2)63(60)57-39-34-52(35-40-57)59-27-17-23-51-22-14-15-26-58(51)59/h4-45,61H,1H2,2-3H3/b6-5-,19-9-,31-30?,43-16+,44-42-,46-28?,48-18+,49-29?. The van der Waals surface area contributed by atoms with Gasteiger partial charge < -0.3 is 14.8 Å². The molecule has 306 valence electrons. The number of para-hydroxylation sites is 1.